The van der Waals surface area contributed by atoms with E-state index in [2.05, 4.69) is 5.32 Å². The number of ether oxygens (including phenoxy) is 1. The van der Waals surface area contributed by atoms with Crippen LogP contribution in [0, 0.1) is 5.92 Å². The van der Waals surface area contributed by atoms with Gasteiger partial charge in [-0.15, -0.1) is 0 Å². The number of amides is 2. The molecule has 186 valence electrons. The SMILES string of the molecule is CC1CCN(C(=O)C(CC(F)F)NC(=O)OCC2c3ccccc3-c3ccccc32)C(C(=O)O)C1. The Morgan fingerprint density at radius 1 is 1.09 bits per heavy atom. The highest BCUT2D eigenvalue weighted by molar-refractivity contribution is 5.89. The second-order valence-corrected chi connectivity index (χ2v) is 9.16. The minimum atomic E-state index is -2.87. The molecule has 9 heteroatoms. The zero-order valence-corrected chi connectivity index (χ0v) is 19.3. The van der Waals surface area contributed by atoms with Crippen molar-refractivity contribution in [2.24, 2.45) is 5.92 Å². The van der Waals surface area contributed by atoms with Gasteiger partial charge in [-0.1, -0.05) is 55.5 Å². The highest BCUT2D eigenvalue weighted by atomic mass is 19.3. The molecule has 0 aromatic heterocycles. The molecule has 35 heavy (non-hydrogen) atoms. The highest BCUT2D eigenvalue weighted by Crippen LogP contribution is 2.44. The number of nitrogens with zero attached hydrogens (tertiary/aromatic N) is 1. The molecule has 2 amide bonds. The van der Waals surface area contributed by atoms with Crippen molar-refractivity contribution in [3.63, 3.8) is 0 Å². The van der Waals surface area contributed by atoms with Gasteiger partial charge in [-0.2, -0.15) is 0 Å². The summed E-state index contributed by atoms with van der Waals surface area (Å²) in [5.41, 5.74) is 4.07. The van der Waals surface area contributed by atoms with E-state index in [9.17, 15) is 28.3 Å². The first kappa shape index (κ1) is 24.6. The summed E-state index contributed by atoms with van der Waals surface area (Å²) >= 11 is 0. The third kappa shape index (κ3) is 5.28. The lowest BCUT2D eigenvalue weighted by Crippen LogP contribution is -2.57. The Morgan fingerprint density at radius 3 is 2.26 bits per heavy atom. The van der Waals surface area contributed by atoms with Crippen molar-refractivity contribution in [1.29, 1.82) is 0 Å². The Bertz CT molecular complexity index is 1060. The zero-order chi connectivity index (χ0) is 25.1. The number of fused-ring (bicyclic) bond motifs is 3. The van der Waals surface area contributed by atoms with Crippen molar-refractivity contribution in [3.8, 4) is 11.1 Å². The number of nitrogens with one attached hydrogen (secondary N) is 1. The van der Waals surface area contributed by atoms with Crippen LogP contribution in [0.3, 0.4) is 0 Å². The van der Waals surface area contributed by atoms with Crippen LogP contribution in [0.5, 0.6) is 0 Å². The van der Waals surface area contributed by atoms with Gasteiger partial charge in [0.2, 0.25) is 12.3 Å². The van der Waals surface area contributed by atoms with Crippen LogP contribution in [0.4, 0.5) is 13.6 Å². The topological polar surface area (TPSA) is 95.9 Å². The normalized spacial score (nSPS) is 20.2. The molecule has 1 aliphatic heterocycles. The smallest absolute Gasteiger partial charge is 0.407 e. The monoisotopic (exact) mass is 486 g/mol. The van der Waals surface area contributed by atoms with Crippen molar-refractivity contribution >= 4 is 18.0 Å². The molecule has 0 saturated carbocycles. The molecule has 4 rings (SSSR count). The van der Waals surface area contributed by atoms with Crippen LogP contribution < -0.4 is 5.32 Å². The van der Waals surface area contributed by atoms with Gasteiger partial charge in [0.1, 0.15) is 18.7 Å². The Kier molecular flexibility index (Phi) is 7.33. The molecule has 2 aromatic carbocycles. The lowest BCUT2D eigenvalue weighted by atomic mass is 9.91. The summed E-state index contributed by atoms with van der Waals surface area (Å²) in [4.78, 5) is 38.4. The van der Waals surface area contributed by atoms with Crippen molar-refractivity contribution in [2.75, 3.05) is 13.2 Å². The number of rotatable bonds is 7. The van der Waals surface area contributed by atoms with Gasteiger partial charge in [0, 0.05) is 18.9 Å². The van der Waals surface area contributed by atoms with E-state index in [4.69, 9.17) is 4.74 Å². The number of hydrogen-bond acceptors (Lipinski definition) is 4. The molecule has 0 spiro atoms. The Balaban J connectivity index is 1.45. The number of piperidine rings is 1. The number of likely N-dealkylation sites (tertiary alicyclic amines) is 1. The second-order valence-electron chi connectivity index (χ2n) is 9.16. The predicted octanol–water partition coefficient (Wildman–Crippen LogP) is 4.26. The van der Waals surface area contributed by atoms with Gasteiger partial charge in [0.05, 0.1) is 0 Å². The highest BCUT2D eigenvalue weighted by Gasteiger charge is 2.39. The number of carboxylic acids is 1. The summed E-state index contributed by atoms with van der Waals surface area (Å²) in [6.07, 6.45) is -4.01. The fourth-order valence-corrected chi connectivity index (χ4v) is 5.02. The van der Waals surface area contributed by atoms with Crippen molar-refractivity contribution in [2.45, 2.75) is 50.6 Å². The average molecular weight is 487 g/mol. The Labute approximate surface area is 202 Å². The summed E-state index contributed by atoms with van der Waals surface area (Å²) < 4.78 is 31.9. The molecule has 3 unspecified atom stereocenters. The summed E-state index contributed by atoms with van der Waals surface area (Å²) in [6, 6.07) is 12.8. The van der Waals surface area contributed by atoms with E-state index in [1.807, 2.05) is 55.5 Å². The van der Waals surface area contributed by atoms with E-state index in [0.717, 1.165) is 27.2 Å². The minimum Gasteiger partial charge on any atom is -0.480 e. The summed E-state index contributed by atoms with van der Waals surface area (Å²) in [5.74, 6) is -2.17. The van der Waals surface area contributed by atoms with E-state index in [1.54, 1.807) is 0 Å². The molecule has 2 N–H and O–H groups in total. The van der Waals surface area contributed by atoms with E-state index in [0.29, 0.717) is 6.42 Å². The number of carbonyl (C=O) groups excluding carboxylic acids is 2. The molecule has 0 radical (unpaired) electrons. The van der Waals surface area contributed by atoms with Gasteiger partial charge in [-0.05, 0) is 41.0 Å². The summed E-state index contributed by atoms with van der Waals surface area (Å²) in [7, 11) is 0. The molecule has 7 nitrogen and oxygen atoms in total. The molecule has 3 atom stereocenters. The van der Waals surface area contributed by atoms with Crippen LogP contribution >= 0.6 is 0 Å². The molecular weight excluding hydrogens is 458 g/mol. The van der Waals surface area contributed by atoms with Gasteiger partial charge < -0.3 is 20.1 Å². The largest absolute Gasteiger partial charge is 0.480 e. The molecule has 1 saturated heterocycles. The van der Waals surface area contributed by atoms with Gasteiger partial charge in [-0.25, -0.2) is 18.4 Å². The molecule has 1 heterocycles. The van der Waals surface area contributed by atoms with Gasteiger partial charge in [0.25, 0.3) is 0 Å². The number of halogens is 2. The number of hydrogen-bond donors (Lipinski definition) is 2. The van der Waals surface area contributed by atoms with Crippen molar-refractivity contribution in [3.05, 3.63) is 59.7 Å². The average Bonchev–Trinajstić information content (AvgIpc) is 3.15. The maximum atomic E-state index is 13.3. The van der Waals surface area contributed by atoms with Gasteiger partial charge >= 0.3 is 12.1 Å². The molecule has 1 fully saturated rings. The minimum absolute atomic E-state index is 0.0333. The van der Waals surface area contributed by atoms with Crippen molar-refractivity contribution in [1.82, 2.24) is 10.2 Å². The van der Waals surface area contributed by atoms with E-state index < -0.39 is 42.9 Å². The van der Waals surface area contributed by atoms with E-state index in [-0.39, 0.29) is 31.4 Å². The lowest BCUT2D eigenvalue weighted by molar-refractivity contribution is -0.154. The standard InChI is InChI=1S/C26H28F2N2O5/c1-15-10-11-30(22(12-15)25(32)33)24(31)21(13-23(27)28)29-26(34)35-14-20-18-8-4-2-6-16(18)17-7-3-5-9-19(17)20/h2-9,15,20-23H,10-14H2,1H3,(H,29,34)(H,32,33). The summed E-state index contributed by atoms with van der Waals surface area (Å²) in [5, 5.41) is 11.8. The Morgan fingerprint density at radius 2 is 1.69 bits per heavy atom. The number of benzene rings is 2. The first-order valence-corrected chi connectivity index (χ1v) is 11.7. The number of carbonyl (C=O) groups is 3. The van der Waals surface area contributed by atoms with Gasteiger partial charge in [0.15, 0.2) is 0 Å². The number of aliphatic carboxylic acids is 1. The van der Waals surface area contributed by atoms with Crippen molar-refractivity contribution < 1.29 is 33.0 Å². The third-order valence-corrected chi connectivity index (χ3v) is 6.78. The maximum Gasteiger partial charge on any atom is 0.407 e. The first-order valence-electron chi connectivity index (χ1n) is 11.7. The second kappa shape index (κ2) is 10.4. The van der Waals surface area contributed by atoms with Crippen LogP contribution in [0.1, 0.15) is 43.2 Å². The molecule has 2 aromatic rings. The van der Waals surface area contributed by atoms with Crippen LogP contribution in [0.25, 0.3) is 11.1 Å². The number of alkyl halides is 2. The predicted molar refractivity (Wildman–Crippen MR) is 124 cm³/mol. The summed E-state index contributed by atoms with van der Waals surface area (Å²) in [6.45, 7) is 1.97. The van der Waals surface area contributed by atoms with Crippen LogP contribution in [0.15, 0.2) is 48.5 Å². The van der Waals surface area contributed by atoms with Gasteiger partial charge in [-0.3, -0.25) is 4.79 Å². The number of alkyl carbamates (subject to hydrolysis) is 1. The molecule has 1 aliphatic carbocycles. The number of carboxylic acid groups (broad SMARTS) is 1. The quantitative estimate of drug-likeness (QED) is 0.610. The van der Waals surface area contributed by atoms with Crippen LogP contribution in [-0.2, 0) is 14.3 Å². The fourth-order valence-electron chi connectivity index (χ4n) is 5.02. The van der Waals surface area contributed by atoms with E-state index >= 15 is 0 Å². The maximum absolute atomic E-state index is 13.3. The van der Waals surface area contributed by atoms with Crippen LogP contribution in [0.2, 0.25) is 0 Å². The molecular formula is C26H28F2N2O5. The first-order chi connectivity index (χ1) is 16.8. The van der Waals surface area contributed by atoms with E-state index in [1.165, 1.54) is 0 Å². The third-order valence-electron chi connectivity index (χ3n) is 6.78. The fraction of sp³-hybridized carbons (Fsp3) is 0.423. The zero-order valence-electron chi connectivity index (χ0n) is 19.3. The molecule has 2 aliphatic rings. The molecule has 0 bridgehead atoms. The Hall–Kier alpha value is -3.49. The lowest BCUT2D eigenvalue weighted by Gasteiger charge is -2.37. The van der Waals surface area contributed by atoms with Crippen LogP contribution in [-0.4, -0.2) is 59.6 Å².